The molecule has 3 heteroatoms. The van der Waals surface area contributed by atoms with Gasteiger partial charge in [0.15, 0.2) is 0 Å². The second-order valence-electron chi connectivity index (χ2n) is 1.34. The van der Waals surface area contributed by atoms with Crippen molar-refractivity contribution in [3.8, 4) is 5.75 Å². The first-order valence-electron chi connectivity index (χ1n) is 2.13. The van der Waals surface area contributed by atoms with E-state index in [-0.39, 0.29) is 75.5 Å². The van der Waals surface area contributed by atoms with Gasteiger partial charge in [-0.15, -0.1) is 0 Å². The van der Waals surface area contributed by atoms with Crippen LogP contribution in [0.1, 0.15) is 0 Å². The first-order valence-corrected chi connectivity index (χ1v) is 2.13. The van der Waals surface area contributed by atoms with E-state index in [0.29, 0.717) is 5.75 Å². The second-order valence-corrected chi connectivity index (χ2v) is 1.34. The van der Waals surface area contributed by atoms with Gasteiger partial charge in [0.25, 0.3) is 0 Å². The Hall–Kier alpha value is 1.54. The Morgan fingerprint density at radius 3 is 1.56 bits per heavy atom. The molecule has 0 saturated carbocycles. The van der Waals surface area contributed by atoms with Crippen LogP contribution in [0.4, 0.5) is 0 Å². The standard InChI is InChI=1S/C6H6O.2Ca.4H/c7-6-4-2-1-3-5-6;;;;;;/h1-5,7H;;;;;;. The van der Waals surface area contributed by atoms with Crippen molar-refractivity contribution in [1.29, 1.82) is 0 Å². The van der Waals surface area contributed by atoms with E-state index in [4.69, 9.17) is 5.11 Å². The van der Waals surface area contributed by atoms with Crippen molar-refractivity contribution < 1.29 is 5.11 Å². The van der Waals surface area contributed by atoms with E-state index in [1.54, 1.807) is 24.3 Å². The molecule has 0 aliphatic carbocycles. The molecule has 0 aliphatic rings. The van der Waals surface area contributed by atoms with Gasteiger partial charge >= 0.3 is 75.5 Å². The van der Waals surface area contributed by atoms with Crippen molar-refractivity contribution in [3.63, 3.8) is 0 Å². The molecule has 0 bridgehead atoms. The Morgan fingerprint density at radius 2 is 1.33 bits per heavy atom. The number of hydrogen-bond donors (Lipinski definition) is 1. The molecule has 0 aliphatic heterocycles. The summed E-state index contributed by atoms with van der Waals surface area (Å²) >= 11 is 0. The quantitative estimate of drug-likeness (QED) is 0.534. The molecule has 1 N–H and O–H groups in total. The van der Waals surface area contributed by atoms with Gasteiger partial charge in [0.1, 0.15) is 5.75 Å². The zero-order chi connectivity index (χ0) is 5.11. The number of benzene rings is 1. The molecule has 0 aromatic heterocycles. The number of rotatable bonds is 0. The van der Waals surface area contributed by atoms with E-state index in [1.807, 2.05) is 6.07 Å². The average Bonchev–Trinajstić information content (AvgIpc) is 1.69. The van der Waals surface area contributed by atoms with Crippen molar-refractivity contribution >= 4 is 75.5 Å². The van der Waals surface area contributed by atoms with E-state index >= 15 is 0 Å². The molecular weight excluding hydrogens is 168 g/mol. The Morgan fingerprint density at radius 1 is 0.889 bits per heavy atom. The van der Waals surface area contributed by atoms with Crippen molar-refractivity contribution in [3.05, 3.63) is 30.3 Å². The summed E-state index contributed by atoms with van der Waals surface area (Å²) in [6.45, 7) is 0. The van der Waals surface area contributed by atoms with Gasteiger partial charge in [0.05, 0.1) is 0 Å². The molecule has 0 amide bonds. The van der Waals surface area contributed by atoms with E-state index < -0.39 is 0 Å². The number of aromatic hydroxyl groups is 1. The fraction of sp³-hybridized carbons (Fsp3) is 0. The zero-order valence-corrected chi connectivity index (χ0v) is 3.83. The van der Waals surface area contributed by atoms with E-state index in [2.05, 4.69) is 0 Å². The van der Waals surface area contributed by atoms with E-state index in [1.165, 1.54) is 0 Å². The van der Waals surface area contributed by atoms with Gasteiger partial charge in [-0.3, -0.25) is 0 Å². The SMILES string of the molecule is Oc1ccccc1.[CaH2].[CaH2]. The van der Waals surface area contributed by atoms with Crippen molar-refractivity contribution in [2.75, 3.05) is 0 Å². The normalized spacial score (nSPS) is 6.67. The molecule has 9 heavy (non-hydrogen) atoms. The van der Waals surface area contributed by atoms with Crippen LogP contribution in [0.3, 0.4) is 0 Å². The molecule has 0 unspecified atom stereocenters. The Kier molecular flexibility index (Phi) is 11.2. The number of phenolic OH excluding ortho intramolecular Hbond substituents is 1. The van der Waals surface area contributed by atoms with Crippen LogP contribution in [0.25, 0.3) is 0 Å². The molecule has 0 saturated heterocycles. The predicted octanol–water partition coefficient (Wildman–Crippen LogP) is -0.440. The van der Waals surface area contributed by atoms with Gasteiger partial charge in [-0.1, -0.05) is 18.2 Å². The summed E-state index contributed by atoms with van der Waals surface area (Å²) in [6.07, 6.45) is 0. The minimum absolute atomic E-state index is 0. The molecule has 1 nitrogen and oxygen atoms in total. The maximum absolute atomic E-state index is 8.63. The van der Waals surface area contributed by atoms with Crippen LogP contribution >= 0.6 is 0 Å². The third-order valence-electron chi connectivity index (χ3n) is 0.756. The Labute approximate surface area is 114 Å². The summed E-state index contributed by atoms with van der Waals surface area (Å²) in [5.41, 5.74) is 0. The fourth-order valence-corrected chi connectivity index (χ4v) is 0.428. The van der Waals surface area contributed by atoms with Crippen LogP contribution in [0.2, 0.25) is 0 Å². The summed E-state index contributed by atoms with van der Waals surface area (Å²) in [4.78, 5) is 0. The number of phenols is 1. The van der Waals surface area contributed by atoms with Gasteiger partial charge in [-0.25, -0.2) is 0 Å². The maximum atomic E-state index is 8.63. The first kappa shape index (κ1) is 13.2. The summed E-state index contributed by atoms with van der Waals surface area (Å²) in [5, 5.41) is 8.63. The summed E-state index contributed by atoms with van der Waals surface area (Å²) in [6, 6.07) is 8.71. The molecular formula is C6H10Ca2O. The molecule has 0 radical (unpaired) electrons. The van der Waals surface area contributed by atoms with E-state index in [9.17, 15) is 0 Å². The van der Waals surface area contributed by atoms with Crippen LogP contribution in [0, 0.1) is 0 Å². The Bertz CT molecular complexity index is 141. The summed E-state index contributed by atoms with van der Waals surface area (Å²) in [7, 11) is 0. The van der Waals surface area contributed by atoms with Gasteiger partial charge in [0.2, 0.25) is 0 Å². The fourth-order valence-electron chi connectivity index (χ4n) is 0.428. The summed E-state index contributed by atoms with van der Waals surface area (Å²) < 4.78 is 0. The number of para-hydroxylation sites is 1. The van der Waals surface area contributed by atoms with Gasteiger partial charge in [-0.2, -0.15) is 0 Å². The van der Waals surface area contributed by atoms with Crippen LogP contribution in [0.5, 0.6) is 5.75 Å². The topological polar surface area (TPSA) is 20.2 Å². The average molecular weight is 178 g/mol. The van der Waals surface area contributed by atoms with Crippen LogP contribution in [0.15, 0.2) is 30.3 Å². The minimum atomic E-state index is 0. The second kappa shape index (κ2) is 7.64. The molecule has 44 valence electrons. The van der Waals surface area contributed by atoms with Crippen molar-refractivity contribution in [2.24, 2.45) is 0 Å². The van der Waals surface area contributed by atoms with Gasteiger partial charge < -0.3 is 5.11 Å². The predicted molar refractivity (Wildman–Crippen MR) is 45.2 cm³/mol. The van der Waals surface area contributed by atoms with Gasteiger partial charge in [0, 0.05) is 0 Å². The molecule has 1 aromatic rings. The van der Waals surface area contributed by atoms with Crippen LogP contribution in [-0.2, 0) is 0 Å². The van der Waals surface area contributed by atoms with Crippen molar-refractivity contribution in [1.82, 2.24) is 0 Å². The molecule has 0 spiro atoms. The molecule has 0 heterocycles. The van der Waals surface area contributed by atoms with Gasteiger partial charge in [-0.05, 0) is 12.1 Å². The molecule has 1 rings (SSSR count). The van der Waals surface area contributed by atoms with Crippen LogP contribution < -0.4 is 0 Å². The van der Waals surface area contributed by atoms with E-state index in [0.717, 1.165) is 0 Å². The third-order valence-corrected chi connectivity index (χ3v) is 0.756. The van der Waals surface area contributed by atoms with Crippen molar-refractivity contribution in [2.45, 2.75) is 0 Å². The summed E-state index contributed by atoms with van der Waals surface area (Å²) in [5.74, 6) is 0.322. The molecule has 0 atom stereocenters. The van der Waals surface area contributed by atoms with Crippen LogP contribution in [-0.4, -0.2) is 80.6 Å². The zero-order valence-electron chi connectivity index (χ0n) is 3.83. The third kappa shape index (κ3) is 5.96. The number of hydrogen-bond acceptors (Lipinski definition) is 1. The molecule has 1 aromatic carbocycles. The molecule has 0 fully saturated rings. The monoisotopic (exact) mass is 178 g/mol. The Balaban J connectivity index is 0. The first-order chi connectivity index (χ1) is 3.39.